The first-order valence-electron chi connectivity index (χ1n) is 8.23. The molecule has 0 saturated heterocycles. The molecule has 1 aromatic carbocycles. The van der Waals surface area contributed by atoms with Crippen LogP contribution in [-0.2, 0) is 12.8 Å². The zero-order valence-electron chi connectivity index (χ0n) is 13.9. The molecule has 1 N–H and O–H groups in total. The zero-order valence-corrected chi connectivity index (χ0v) is 14.7. The second-order valence-corrected chi connectivity index (χ2v) is 7.60. The van der Waals surface area contributed by atoms with Gasteiger partial charge in [-0.05, 0) is 63.1 Å². The molecule has 1 aliphatic rings. The van der Waals surface area contributed by atoms with Crippen molar-refractivity contribution in [3.8, 4) is 0 Å². The van der Waals surface area contributed by atoms with Crippen LogP contribution in [0.2, 0.25) is 0 Å². The van der Waals surface area contributed by atoms with E-state index >= 15 is 0 Å². The molecule has 0 amide bonds. The Balaban J connectivity index is 1.85. The van der Waals surface area contributed by atoms with Gasteiger partial charge >= 0.3 is 0 Å². The molecule has 4 rings (SSSR count). The molecule has 0 spiro atoms. The maximum Gasteiger partial charge on any atom is 0.142 e. The summed E-state index contributed by atoms with van der Waals surface area (Å²) >= 11 is 1.84. The van der Waals surface area contributed by atoms with Crippen LogP contribution in [0.1, 0.15) is 40.0 Å². The minimum atomic E-state index is 0.962. The normalized spacial score (nSPS) is 14.0. The Labute approximate surface area is 140 Å². The van der Waals surface area contributed by atoms with Crippen LogP contribution in [0.3, 0.4) is 0 Å². The van der Waals surface area contributed by atoms with Gasteiger partial charge < -0.3 is 5.32 Å². The molecule has 3 aromatic rings. The summed E-state index contributed by atoms with van der Waals surface area (Å²) < 4.78 is 0. The van der Waals surface area contributed by atoms with Crippen LogP contribution >= 0.6 is 11.3 Å². The third-order valence-corrected chi connectivity index (χ3v) is 5.87. The highest BCUT2D eigenvalue weighted by Gasteiger charge is 2.20. The molecule has 4 heteroatoms. The molecule has 1 aliphatic carbocycles. The number of benzene rings is 1. The van der Waals surface area contributed by atoms with Crippen LogP contribution in [0.5, 0.6) is 0 Å². The number of nitrogens with zero attached hydrogens (tertiary/aromatic N) is 2. The Kier molecular flexibility index (Phi) is 3.57. The summed E-state index contributed by atoms with van der Waals surface area (Å²) in [5.74, 6) is 0.962. The molecule has 0 radical (unpaired) electrons. The molecule has 0 unspecified atom stereocenters. The van der Waals surface area contributed by atoms with E-state index in [1.807, 2.05) is 11.3 Å². The summed E-state index contributed by atoms with van der Waals surface area (Å²) in [6.07, 6.45) is 6.61. The Bertz CT molecular complexity index is 872. The Morgan fingerprint density at radius 2 is 1.74 bits per heavy atom. The second kappa shape index (κ2) is 5.60. The molecule has 2 aromatic heterocycles. The van der Waals surface area contributed by atoms with Crippen molar-refractivity contribution in [3.63, 3.8) is 0 Å². The van der Waals surface area contributed by atoms with E-state index in [9.17, 15) is 0 Å². The third kappa shape index (κ3) is 2.51. The highest BCUT2D eigenvalue weighted by Crippen LogP contribution is 2.39. The topological polar surface area (TPSA) is 37.8 Å². The molecule has 3 nitrogen and oxygen atoms in total. The fraction of sp³-hybridized carbons (Fsp3) is 0.368. The number of nitrogens with one attached hydrogen (secondary N) is 1. The number of hydrogen-bond acceptors (Lipinski definition) is 4. The molecule has 0 atom stereocenters. The van der Waals surface area contributed by atoms with Gasteiger partial charge in [0, 0.05) is 10.6 Å². The average Bonchev–Trinajstić information content (AvgIpc) is 2.90. The van der Waals surface area contributed by atoms with Crippen molar-refractivity contribution in [1.29, 1.82) is 0 Å². The van der Waals surface area contributed by atoms with Gasteiger partial charge in [-0.15, -0.1) is 11.3 Å². The van der Waals surface area contributed by atoms with E-state index in [-0.39, 0.29) is 0 Å². The number of rotatable bonds is 2. The van der Waals surface area contributed by atoms with Crippen molar-refractivity contribution >= 4 is 33.1 Å². The van der Waals surface area contributed by atoms with Crippen LogP contribution < -0.4 is 5.32 Å². The quantitative estimate of drug-likeness (QED) is 0.701. The highest BCUT2D eigenvalue weighted by molar-refractivity contribution is 7.19. The number of fused-ring (bicyclic) bond motifs is 3. The fourth-order valence-corrected chi connectivity index (χ4v) is 4.91. The van der Waals surface area contributed by atoms with E-state index in [0.29, 0.717) is 0 Å². The van der Waals surface area contributed by atoms with Gasteiger partial charge in [-0.25, -0.2) is 9.97 Å². The van der Waals surface area contributed by atoms with Crippen molar-refractivity contribution < 1.29 is 0 Å². The van der Waals surface area contributed by atoms with Crippen LogP contribution in [0, 0.1) is 20.8 Å². The van der Waals surface area contributed by atoms with Crippen molar-refractivity contribution in [2.75, 3.05) is 5.32 Å². The first kappa shape index (κ1) is 14.6. The lowest BCUT2D eigenvalue weighted by Crippen LogP contribution is -2.02. The van der Waals surface area contributed by atoms with Gasteiger partial charge in [-0.3, -0.25) is 0 Å². The third-order valence-electron chi connectivity index (χ3n) is 4.67. The largest absolute Gasteiger partial charge is 0.339 e. The second-order valence-electron chi connectivity index (χ2n) is 6.51. The van der Waals surface area contributed by atoms with Crippen molar-refractivity contribution in [3.05, 3.63) is 45.6 Å². The van der Waals surface area contributed by atoms with E-state index in [1.54, 1.807) is 6.33 Å². The lowest BCUT2D eigenvalue weighted by Gasteiger charge is -2.15. The smallest absolute Gasteiger partial charge is 0.142 e. The van der Waals surface area contributed by atoms with Gasteiger partial charge in [0.2, 0.25) is 0 Å². The summed E-state index contributed by atoms with van der Waals surface area (Å²) in [6.45, 7) is 6.45. The molecule has 118 valence electrons. The molecule has 0 saturated carbocycles. The Morgan fingerprint density at radius 3 is 2.52 bits per heavy atom. The summed E-state index contributed by atoms with van der Waals surface area (Å²) in [6, 6.07) is 4.44. The van der Waals surface area contributed by atoms with Crippen LogP contribution in [0.15, 0.2) is 18.5 Å². The van der Waals surface area contributed by atoms with Crippen LogP contribution in [-0.4, -0.2) is 9.97 Å². The Morgan fingerprint density at radius 1 is 1.00 bits per heavy atom. The predicted molar refractivity (Wildman–Crippen MR) is 98.0 cm³/mol. The number of aryl methyl sites for hydroxylation is 5. The predicted octanol–water partition coefficient (Wildman–Crippen LogP) is 5.24. The summed E-state index contributed by atoms with van der Waals surface area (Å²) in [5, 5.41) is 4.84. The van der Waals surface area contributed by atoms with Gasteiger partial charge in [0.15, 0.2) is 0 Å². The van der Waals surface area contributed by atoms with E-state index in [4.69, 9.17) is 0 Å². The lowest BCUT2D eigenvalue weighted by atomic mass is 9.97. The SMILES string of the molecule is Cc1cc(C)c(Nc2ncnc3sc4c(c23)CCCC4)c(C)c1. The number of anilines is 2. The molecular formula is C19H21N3S. The van der Waals surface area contributed by atoms with Crippen molar-refractivity contribution in [1.82, 2.24) is 9.97 Å². The average molecular weight is 323 g/mol. The van der Waals surface area contributed by atoms with Crippen molar-refractivity contribution in [2.45, 2.75) is 46.5 Å². The molecule has 0 aliphatic heterocycles. The van der Waals surface area contributed by atoms with Gasteiger partial charge in [-0.1, -0.05) is 17.7 Å². The van der Waals surface area contributed by atoms with E-state index in [2.05, 4.69) is 48.2 Å². The van der Waals surface area contributed by atoms with Crippen LogP contribution in [0.25, 0.3) is 10.2 Å². The summed E-state index contributed by atoms with van der Waals surface area (Å²) in [4.78, 5) is 11.7. The molecule has 0 fully saturated rings. The standard InChI is InChI=1S/C19H21N3S/c1-11-8-12(2)17(13(3)9-11)22-18-16-14-6-4-5-7-15(14)23-19(16)21-10-20-18/h8-10H,4-7H2,1-3H3,(H,20,21,22). The molecule has 23 heavy (non-hydrogen) atoms. The number of thiophene rings is 1. The monoisotopic (exact) mass is 323 g/mol. The minimum absolute atomic E-state index is 0.962. The Hall–Kier alpha value is -1.94. The maximum atomic E-state index is 4.57. The first-order valence-corrected chi connectivity index (χ1v) is 9.05. The molecule has 2 heterocycles. The highest BCUT2D eigenvalue weighted by atomic mass is 32.1. The molecular weight excluding hydrogens is 302 g/mol. The first-order chi connectivity index (χ1) is 11.1. The minimum Gasteiger partial charge on any atom is -0.339 e. The van der Waals surface area contributed by atoms with Gasteiger partial charge in [-0.2, -0.15) is 0 Å². The van der Waals surface area contributed by atoms with Gasteiger partial charge in [0.1, 0.15) is 17.0 Å². The van der Waals surface area contributed by atoms with Crippen molar-refractivity contribution in [2.24, 2.45) is 0 Å². The maximum absolute atomic E-state index is 4.57. The van der Waals surface area contributed by atoms with E-state index in [1.165, 1.54) is 57.5 Å². The summed E-state index contributed by atoms with van der Waals surface area (Å²) in [7, 11) is 0. The van der Waals surface area contributed by atoms with Gasteiger partial charge in [0.05, 0.1) is 5.39 Å². The number of aromatic nitrogens is 2. The van der Waals surface area contributed by atoms with E-state index in [0.717, 1.165) is 17.1 Å². The lowest BCUT2D eigenvalue weighted by molar-refractivity contribution is 0.700. The van der Waals surface area contributed by atoms with Gasteiger partial charge in [0.25, 0.3) is 0 Å². The molecule has 0 bridgehead atoms. The van der Waals surface area contributed by atoms with Crippen LogP contribution in [0.4, 0.5) is 11.5 Å². The van der Waals surface area contributed by atoms with E-state index < -0.39 is 0 Å². The summed E-state index contributed by atoms with van der Waals surface area (Å²) in [5.41, 5.74) is 6.47. The zero-order chi connectivity index (χ0) is 16.0. The fourth-order valence-electron chi connectivity index (χ4n) is 3.68. The number of hydrogen-bond donors (Lipinski definition) is 1.